The summed E-state index contributed by atoms with van der Waals surface area (Å²) in [6.45, 7) is 3.22. The van der Waals surface area contributed by atoms with Crippen LogP contribution in [0, 0.1) is 0 Å². The number of nitrogens with one attached hydrogen (secondary N) is 2. The van der Waals surface area contributed by atoms with Gasteiger partial charge in [-0.15, -0.1) is 0 Å². The summed E-state index contributed by atoms with van der Waals surface area (Å²) in [5.41, 5.74) is 1.65. The number of pyridine rings is 1. The van der Waals surface area contributed by atoms with Crippen molar-refractivity contribution in [3.63, 3.8) is 0 Å². The molecule has 194 valence electrons. The number of hydrogen-bond acceptors (Lipinski definition) is 5. The number of hydrogen-bond donors (Lipinski definition) is 3. The minimum absolute atomic E-state index is 0.00828. The number of rotatable bonds is 5. The normalized spacial score (nSPS) is 19.0. The summed E-state index contributed by atoms with van der Waals surface area (Å²) < 4.78 is 44.1. The van der Waals surface area contributed by atoms with Gasteiger partial charge in [0, 0.05) is 18.2 Å². The summed E-state index contributed by atoms with van der Waals surface area (Å²) in [7, 11) is 0. The zero-order chi connectivity index (χ0) is 26.8. The summed E-state index contributed by atoms with van der Waals surface area (Å²) in [6, 6.07) is 12.5. The molecule has 0 fully saturated rings. The van der Waals surface area contributed by atoms with Crippen LogP contribution in [0.25, 0.3) is 11.3 Å². The summed E-state index contributed by atoms with van der Waals surface area (Å²) in [5, 5.41) is 15.9. The third-order valence-electron chi connectivity index (χ3n) is 6.46. The Morgan fingerprint density at radius 2 is 1.86 bits per heavy atom. The molecule has 1 aliphatic rings. The van der Waals surface area contributed by atoms with Gasteiger partial charge in [0.1, 0.15) is 11.7 Å². The molecule has 0 aliphatic heterocycles. The molecule has 0 saturated heterocycles. The van der Waals surface area contributed by atoms with Crippen molar-refractivity contribution in [3.8, 4) is 11.3 Å². The number of fused-ring (bicyclic) bond motifs is 1. The average Bonchev–Trinajstić information content (AvgIpc) is 2.85. The number of carbonyl (C=O) groups is 2. The Hall–Kier alpha value is -3.92. The molecule has 37 heavy (non-hydrogen) atoms. The van der Waals surface area contributed by atoms with Gasteiger partial charge in [-0.2, -0.15) is 13.2 Å². The Bertz CT molecular complexity index is 1310. The fourth-order valence-electron chi connectivity index (χ4n) is 4.56. The van der Waals surface area contributed by atoms with E-state index in [2.05, 4.69) is 15.6 Å². The van der Waals surface area contributed by atoms with Crippen LogP contribution in [0.1, 0.15) is 49.5 Å². The number of amides is 2. The second-order valence-corrected chi connectivity index (χ2v) is 8.92. The lowest BCUT2D eigenvalue weighted by molar-refractivity contribution is -0.176. The van der Waals surface area contributed by atoms with Crippen molar-refractivity contribution in [1.29, 1.82) is 0 Å². The Morgan fingerprint density at radius 3 is 2.51 bits per heavy atom. The minimum atomic E-state index is -4.51. The fourth-order valence-corrected chi connectivity index (χ4v) is 4.56. The van der Waals surface area contributed by atoms with E-state index in [4.69, 9.17) is 4.74 Å². The molecule has 0 saturated carbocycles. The number of benzene rings is 2. The van der Waals surface area contributed by atoms with E-state index >= 15 is 0 Å². The predicted octanol–water partition coefficient (Wildman–Crippen LogP) is 6.10. The molecule has 0 bridgehead atoms. The molecule has 1 aromatic heterocycles. The monoisotopic (exact) mass is 513 g/mol. The number of ether oxygens (including phenoxy) is 1. The molecule has 2 aromatic carbocycles. The topological polar surface area (TPSA) is 101 Å². The second kappa shape index (κ2) is 10.2. The molecular formula is C27H26F3N3O4. The van der Waals surface area contributed by atoms with Crippen LogP contribution in [0.15, 0.2) is 60.8 Å². The van der Waals surface area contributed by atoms with Crippen molar-refractivity contribution in [3.05, 3.63) is 77.5 Å². The number of aliphatic hydroxyl groups is 1. The first-order chi connectivity index (χ1) is 17.5. The van der Waals surface area contributed by atoms with E-state index in [1.807, 2.05) is 19.1 Å². The molecule has 0 radical (unpaired) electrons. The van der Waals surface area contributed by atoms with Crippen LogP contribution >= 0.6 is 0 Å². The number of esters is 1. The molecule has 2 unspecified atom stereocenters. The number of alkyl halides is 3. The third-order valence-corrected chi connectivity index (χ3v) is 6.46. The number of aliphatic hydroxyl groups excluding tert-OH is 1. The molecule has 10 heteroatoms. The van der Waals surface area contributed by atoms with Crippen LogP contribution in [0.2, 0.25) is 0 Å². The lowest BCUT2D eigenvalue weighted by Crippen LogP contribution is -2.43. The number of carbonyl (C=O) groups excluding carboxylic acids is 2. The molecular weight excluding hydrogens is 487 g/mol. The van der Waals surface area contributed by atoms with Crippen molar-refractivity contribution in [2.45, 2.75) is 51.0 Å². The third kappa shape index (κ3) is 5.75. The maximum absolute atomic E-state index is 12.9. The fraction of sp³-hybridized carbons (Fsp3) is 0.296. The lowest BCUT2D eigenvalue weighted by atomic mass is 9.76. The number of urea groups is 1. The highest BCUT2D eigenvalue weighted by Crippen LogP contribution is 2.43. The molecule has 1 aliphatic carbocycles. The Kier molecular flexibility index (Phi) is 7.22. The number of aromatic nitrogens is 1. The van der Waals surface area contributed by atoms with Crippen molar-refractivity contribution in [2.75, 3.05) is 10.6 Å². The molecule has 3 aromatic rings. The first-order valence-corrected chi connectivity index (χ1v) is 11.7. The Morgan fingerprint density at radius 1 is 1.11 bits per heavy atom. The van der Waals surface area contributed by atoms with E-state index in [0.717, 1.165) is 23.3 Å². The summed E-state index contributed by atoms with van der Waals surface area (Å²) in [5.74, 6) is -0.428. The van der Waals surface area contributed by atoms with Gasteiger partial charge in [-0.05, 0) is 66.8 Å². The van der Waals surface area contributed by atoms with Crippen LogP contribution in [-0.4, -0.2) is 27.7 Å². The van der Waals surface area contributed by atoms with Crippen molar-refractivity contribution in [2.24, 2.45) is 0 Å². The second-order valence-electron chi connectivity index (χ2n) is 8.92. The zero-order valence-corrected chi connectivity index (χ0v) is 20.2. The van der Waals surface area contributed by atoms with E-state index in [1.165, 1.54) is 25.3 Å². The van der Waals surface area contributed by atoms with E-state index in [-0.39, 0.29) is 5.69 Å². The van der Waals surface area contributed by atoms with Gasteiger partial charge in [0.2, 0.25) is 0 Å². The van der Waals surface area contributed by atoms with E-state index in [1.54, 1.807) is 18.2 Å². The van der Waals surface area contributed by atoms with Gasteiger partial charge in [0.05, 0.1) is 23.1 Å². The molecule has 1 heterocycles. The molecule has 7 nitrogen and oxygen atoms in total. The number of halogens is 3. The number of anilines is 2. The van der Waals surface area contributed by atoms with E-state index in [9.17, 15) is 27.9 Å². The number of aryl methyl sites for hydroxylation is 1. The van der Waals surface area contributed by atoms with E-state index < -0.39 is 35.4 Å². The number of nitrogens with zero attached hydrogens (tertiary/aromatic N) is 1. The summed E-state index contributed by atoms with van der Waals surface area (Å²) in [4.78, 5) is 28.2. The molecule has 2 atom stereocenters. The van der Waals surface area contributed by atoms with Gasteiger partial charge in [0.15, 0.2) is 0 Å². The van der Waals surface area contributed by atoms with Crippen molar-refractivity contribution in [1.82, 2.24) is 4.98 Å². The lowest BCUT2D eigenvalue weighted by Gasteiger charge is -2.41. The van der Waals surface area contributed by atoms with Crippen LogP contribution in [-0.2, 0) is 22.1 Å². The minimum Gasteiger partial charge on any atom is -0.456 e. The Labute approximate surface area is 211 Å². The smallest absolute Gasteiger partial charge is 0.416 e. The highest BCUT2D eigenvalue weighted by molar-refractivity contribution is 5.99. The zero-order valence-electron chi connectivity index (χ0n) is 20.2. The molecule has 3 N–H and O–H groups in total. The molecule has 0 spiro atoms. The molecule has 4 rings (SSSR count). The van der Waals surface area contributed by atoms with Gasteiger partial charge >= 0.3 is 18.2 Å². The Balaban J connectivity index is 1.44. The van der Waals surface area contributed by atoms with Gasteiger partial charge in [-0.3, -0.25) is 9.78 Å². The highest BCUT2D eigenvalue weighted by Gasteiger charge is 2.44. The van der Waals surface area contributed by atoms with Crippen LogP contribution in [0.5, 0.6) is 0 Å². The largest absolute Gasteiger partial charge is 0.456 e. The maximum Gasteiger partial charge on any atom is 0.416 e. The summed E-state index contributed by atoms with van der Waals surface area (Å²) >= 11 is 0. The summed E-state index contributed by atoms with van der Waals surface area (Å²) in [6.07, 6.45) is -2.39. The van der Waals surface area contributed by atoms with Crippen molar-refractivity contribution >= 4 is 23.4 Å². The van der Waals surface area contributed by atoms with Gasteiger partial charge < -0.3 is 20.5 Å². The average molecular weight is 514 g/mol. The van der Waals surface area contributed by atoms with Crippen LogP contribution in [0.4, 0.5) is 29.3 Å². The first kappa shape index (κ1) is 26.2. The highest BCUT2D eigenvalue weighted by atomic mass is 19.4. The quantitative estimate of drug-likeness (QED) is 0.358. The van der Waals surface area contributed by atoms with Crippen molar-refractivity contribution < 1.29 is 32.6 Å². The van der Waals surface area contributed by atoms with Gasteiger partial charge in [-0.25, -0.2) is 4.79 Å². The van der Waals surface area contributed by atoms with Gasteiger partial charge in [0.25, 0.3) is 0 Å². The van der Waals surface area contributed by atoms with Crippen LogP contribution in [0.3, 0.4) is 0 Å². The maximum atomic E-state index is 12.9. The molecule has 2 amide bonds. The van der Waals surface area contributed by atoms with E-state index in [0.29, 0.717) is 36.2 Å². The van der Waals surface area contributed by atoms with Crippen LogP contribution < -0.4 is 10.6 Å². The standard InChI is InChI=1S/C27H26F3N3O4/c1-3-26(37-16(2)34)12-11-17-13-18(7-9-22(17)24(26)35)23-10-8-21(15-31-23)33-25(36)32-20-6-4-5-19(14-20)27(28,29)30/h4-10,13-15,24,35H,3,11-12H2,1-2H3,(H2,32,33,36). The predicted molar refractivity (Wildman–Crippen MR) is 132 cm³/mol. The van der Waals surface area contributed by atoms with Gasteiger partial charge in [-0.1, -0.05) is 25.1 Å². The first-order valence-electron chi connectivity index (χ1n) is 11.7. The SMILES string of the molecule is CCC1(OC(C)=O)CCc2cc(-c3ccc(NC(=O)Nc4cccc(C(F)(F)F)c4)cn3)ccc2C1O.